The fourth-order valence-corrected chi connectivity index (χ4v) is 2.09. The van der Waals surface area contributed by atoms with Crippen molar-refractivity contribution < 1.29 is 33.3 Å². The van der Waals surface area contributed by atoms with Crippen molar-refractivity contribution in [3.63, 3.8) is 0 Å². The number of carbonyl (C=O) groups is 3. The van der Waals surface area contributed by atoms with Crippen molar-refractivity contribution in [2.24, 2.45) is 0 Å². The Labute approximate surface area is 158 Å². The Balaban J connectivity index is 2.85. The summed E-state index contributed by atoms with van der Waals surface area (Å²) in [5.41, 5.74) is 0.675. The number of nitrogens with one attached hydrogen (secondary N) is 1. The Morgan fingerprint density at radius 1 is 1.00 bits per heavy atom. The topological polar surface area (TPSA) is 100 Å². The molecule has 0 unspecified atom stereocenters. The van der Waals surface area contributed by atoms with Crippen LogP contribution in [0.2, 0.25) is 0 Å². The molecule has 8 heteroatoms. The van der Waals surface area contributed by atoms with Crippen LogP contribution in [0, 0.1) is 0 Å². The number of methoxy groups -OCH3 is 1. The van der Waals surface area contributed by atoms with Gasteiger partial charge in [-0.25, -0.2) is 9.59 Å². The molecule has 1 amide bonds. The summed E-state index contributed by atoms with van der Waals surface area (Å²) in [6.07, 6.45) is 2.71. The number of ether oxygens (including phenoxy) is 4. The average Bonchev–Trinajstić information content (AvgIpc) is 2.65. The third-order valence-electron chi connectivity index (χ3n) is 3.25. The molecule has 0 saturated carbocycles. The molecular formula is C19H25NO7. The lowest BCUT2D eigenvalue weighted by Gasteiger charge is -2.14. The zero-order valence-electron chi connectivity index (χ0n) is 15.9. The maximum absolute atomic E-state index is 12.1. The van der Waals surface area contributed by atoms with Crippen LogP contribution in [-0.2, 0) is 23.9 Å². The predicted octanol–water partition coefficient (Wildman–Crippen LogP) is 1.72. The smallest absolute Gasteiger partial charge is 0.340 e. The third-order valence-corrected chi connectivity index (χ3v) is 3.25. The fourth-order valence-electron chi connectivity index (χ4n) is 2.09. The van der Waals surface area contributed by atoms with E-state index < -0.39 is 23.9 Å². The van der Waals surface area contributed by atoms with Crippen molar-refractivity contribution in [1.82, 2.24) is 5.32 Å². The minimum atomic E-state index is -1.52. The van der Waals surface area contributed by atoms with Crippen molar-refractivity contribution in [1.29, 1.82) is 0 Å². The first-order valence-electron chi connectivity index (χ1n) is 8.59. The van der Waals surface area contributed by atoms with Gasteiger partial charge in [-0.3, -0.25) is 4.79 Å². The van der Waals surface area contributed by atoms with Crippen LogP contribution in [-0.4, -0.2) is 50.8 Å². The van der Waals surface area contributed by atoms with E-state index in [0.29, 0.717) is 23.7 Å². The maximum Gasteiger partial charge on any atom is 0.340 e. The quantitative estimate of drug-likeness (QED) is 0.375. The summed E-state index contributed by atoms with van der Waals surface area (Å²) in [5, 5.41) is 2.29. The predicted molar refractivity (Wildman–Crippen MR) is 98.4 cm³/mol. The molecule has 27 heavy (non-hydrogen) atoms. The van der Waals surface area contributed by atoms with Crippen molar-refractivity contribution in [2.75, 3.05) is 26.9 Å². The SMILES string of the molecule is CCOC(=O)C(NC(=O)/C=C/c1ccc(OCC)c(OC)c1)C(=O)OCC. The summed E-state index contributed by atoms with van der Waals surface area (Å²) in [6.45, 7) is 5.71. The molecule has 0 radical (unpaired) electrons. The monoisotopic (exact) mass is 379 g/mol. The standard InChI is InChI=1S/C19H25NO7/c1-5-25-14-10-8-13(12-15(14)24-4)9-11-16(21)20-17(18(22)26-6-2)19(23)27-7-3/h8-12,17H,5-7H2,1-4H3,(H,20,21)/b11-9+. The molecule has 0 aliphatic carbocycles. The molecule has 0 atom stereocenters. The van der Waals surface area contributed by atoms with Gasteiger partial charge in [0.1, 0.15) is 0 Å². The van der Waals surface area contributed by atoms with Crippen molar-refractivity contribution >= 4 is 23.9 Å². The molecule has 1 aromatic rings. The first kappa shape index (κ1) is 22.0. The molecule has 8 nitrogen and oxygen atoms in total. The van der Waals surface area contributed by atoms with Gasteiger partial charge in [-0.15, -0.1) is 0 Å². The molecule has 0 spiro atoms. The zero-order valence-corrected chi connectivity index (χ0v) is 15.9. The van der Waals surface area contributed by atoms with Crippen LogP contribution in [0.25, 0.3) is 6.08 Å². The summed E-state index contributed by atoms with van der Waals surface area (Å²) in [5.74, 6) is -1.28. The minimum Gasteiger partial charge on any atom is -0.493 e. The van der Waals surface area contributed by atoms with E-state index in [4.69, 9.17) is 18.9 Å². The Kier molecular flexibility index (Phi) is 9.42. The molecule has 1 rings (SSSR count). The van der Waals surface area contributed by atoms with E-state index in [0.717, 1.165) is 0 Å². The largest absolute Gasteiger partial charge is 0.493 e. The molecule has 0 heterocycles. The molecule has 1 aromatic carbocycles. The lowest BCUT2D eigenvalue weighted by Crippen LogP contribution is -2.47. The van der Waals surface area contributed by atoms with E-state index in [9.17, 15) is 14.4 Å². The summed E-state index contributed by atoms with van der Waals surface area (Å²) >= 11 is 0. The maximum atomic E-state index is 12.1. The van der Waals surface area contributed by atoms with Crippen LogP contribution in [0.3, 0.4) is 0 Å². The summed E-state index contributed by atoms with van der Waals surface area (Å²) < 4.78 is 20.3. The molecule has 0 aliphatic rings. The van der Waals surface area contributed by atoms with Gasteiger partial charge >= 0.3 is 11.9 Å². The van der Waals surface area contributed by atoms with Crippen LogP contribution in [0.4, 0.5) is 0 Å². The highest BCUT2D eigenvalue weighted by atomic mass is 16.6. The van der Waals surface area contributed by atoms with Gasteiger partial charge in [0.2, 0.25) is 11.9 Å². The van der Waals surface area contributed by atoms with E-state index in [1.165, 1.54) is 19.3 Å². The van der Waals surface area contributed by atoms with Crippen LogP contribution in [0.5, 0.6) is 11.5 Å². The number of esters is 2. The van der Waals surface area contributed by atoms with E-state index in [1.807, 2.05) is 6.92 Å². The van der Waals surface area contributed by atoms with E-state index in [1.54, 1.807) is 32.0 Å². The first-order chi connectivity index (χ1) is 13.0. The highest BCUT2D eigenvalue weighted by molar-refractivity contribution is 6.04. The van der Waals surface area contributed by atoms with Crippen molar-refractivity contribution in [3.05, 3.63) is 29.8 Å². The second kappa shape index (κ2) is 11.6. The van der Waals surface area contributed by atoms with Gasteiger partial charge in [0.25, 0.3) is 0 Å². The molecule has 148 valence electrons. The zero-order chi connectivity index (χ0) is 20.2. The molecule has 0 aliphatic heterocycles. The molecule has 1 N–H and O–H groups in total. The highest BCUT2D eigenvalue weighted by Gasteiger charge is 2.30. The van der Waals surface area contributed by atoms with Gasteiger partial charge in [0.05, 0.1) is 26.9 Å². The van der Waals surface area contributed by atoms with Gasteiger partial charge in [0.15, 0.2) is 11.5 Å². The fraction of sp³-hybridized carbons (Fsp3) is 0.421. The Morgan fingerprint density at radius 3 is 2.15 bits per heavy atom. The summed E-state index contributed by atoms with van der Waals surface area (Å²) in [7, 11) is 1.52. The molecule has 0 saturated heterocycles. The molecule has 0 fully saturated rings. The lowest BCUT2D eigenvalue weighted by atomic mass is 10.2. The van der Waals surface area contributed by atoms with Crippen LogP contribution in [0.1, 0.15) is 26.3 Å². The van der Waals surface area contributed by atoms with E-state index in [-0.39, 0.29) is 13.2 Å². The second-order valence-corrected chi connectivity index (χ2v) is 5.12. The normalized spacial score (nSPS) is 10.6. The summed E-state index contributed by atoms with van der Waals surface area (Å²) in [4.78, 5) is 35.8. The van der Waals surface area contributed by atoms with Crippen molar-refractivity contribution in [2.45, 2.75) is 26.8 Å². The summed E-state index contributed by atoms with van der Waals surface area (Å²) in [6, 6.07) is 3.64. The molecular weight excluding hydrogens is 354 g/mol. The number of carbonyl (C=O) groups excluding carboxylic acids is 3. The lowest BCUT2D eigenvalue weighted by molar-refractivity contribution is -0.159. The highest BCUT2D eigenvalue weighted by Crippen LogP contribution is 2.28. The number of hydrogen-bond donors (Lipinski definition) is 1. The Morgan fingerprint density at radius 2 is 1.63 bits per heavy atom. The van der Waals surface area contributed by atoms with Gasteiger partial charge in [-0.1, -0.05) is 6.07 Å². The van der Waals surface area contributed by atoms with Gasteiger partial charge in [0, 0.05) is 6.08 Å². The van der Waals surface area contributed by atoms with Crippen LogP contribution < -0.4 is 14.8 Å². The van der Waals surface area contributed by atoms with Gasteiger partial charge in [-0.05, 0) is 44.5 Å². The Bertz CT molecular complexity index is 667. The Hall–Kier alpha value is -3.03. The van der Waals surface area contributed by atoms with E-state index in [2.05, 4.69) is 5.32 Å². The van der Waals surface area contributed by atoms with E-state index >= 15 is 0 Å². The minimum absolute atomic E-state index is 0.0758. The number of rotatable bonds is 10. The first-order valence-corrected chi connectivity index (χ1v) is 8.59. The third kappa shape index (κ3) is 7.01. The second-order valence-electron chi connectivity index (χ2n) is 5.12. The number of benzene rings is 1. The van der Waals surface area contributed by atoms with Gasteiger partial charge in [-0.2, -0.15) is 0 Å². The molecule has 0 bridgehead atoms. The van der Waals surface area contributed by atoms with Crippen molar-refractivity contribution in [3.8, 4) is 11.5 Å². The average molecular weight is 379 g/mol. The number of hydrogen-bond acceptors (Lipinski definition) is 7. The number of amides is 1. The van der Waals surface area contributed by atoms with Crippen LogP contribution in [0.15, 0.2) is 24.3 Å². The van der Waals surface area contributed by atoms with Gasteiger partial charge < -0.3 is 24.3 Å². The van der Waals surface area contributed by atoms with Crippen LogP contribution >= 0.6 is 0 Å². The molecule has 0 aromatic heterocycles.